The molecule has 2 aromatic rings. The number of nitrogens with zero attached hydrogens (tertiary/aromatic N) is 1. The maximum atomic E-state index is 13.1. The first-order chi connectivity index (χ1) is 21.0. The van der Waals surface area contributed by atoms with Crippen LogP contribution >= 0.6 is 0 Å². The lowest BCUT2D eigenvalue weighted by molar-refractivity contribution is -0.925. The van der Waals surface area contributed by atoms with Crippen LogP contribution in [-0.4, -0.2) is 54.6 Å². The SMILES string of the molecule is CCCCCCCCCc1ccccc1C(=O)Nc1ccc(C(=O)CCC[N+](CC)(CC)CCCCCCC)cc1.CO. The summed E-state index contributed by atoms with van der Waals surface area (Å²) in [5.41, 5.74) is 3.32. The minimum atomic E-state index is -0.0782. The van der Waals surface area contributed by atoms with Gasteiger partial charge in [-0.1, -0.05) is 89.8 Å². The summed E-state index contributed by atoms with van der Waals surface area (Å²) < 4.78 is 1.12. The van der Waals surface area contributed by atoms with Gasteiger partial charge in [-0.3, -0.25) is 9.59 Å². The molecular formula is C38H63N2O3+. The Hall–Kier alpha value is -2.50. The fraction of sp³-hybridized carbons (Fsp3) is 0.632. The van der Waals surface area contributed by atoms with Crippen molar-refractivity contribution in [2.45, 2.75) is 124 Å². The van der Waals surface area contributed by atoms with Gasteiger partial charge in [0.15, 0.2) is 5.78 Å². The average Bonchev–Trinajstić information content (AvgIpc) is 3.05. The van der Waals surface area contributed by atoms with Crippen molar-refractivity contribution in [1.29, 1.82) is 0 Å². The highest BCUT2D eigenvalue weighted by Gasteiger charge is 2.23. The molecular weight excluding hydrogens is 532 g/mol. The second-order valence-electron chi connectivity index (χ2n) is 11.9. The molecule has 0 fully saturated rings. The van der Waals surface area contributed by atoms with Gasteiger partial charge in [0.1, 0.15) is 0 Å². The smallest absolute Gasteiger partial charge is 0.255 e. The van der Waals surface area contributed by atoms with Gasteiger partial charge in [-0.15, -0.1) is 0 Å². The van der Waals surface area contributed by atoms with Crippen LogP contribution in [0.1, 0.15) is 144 Å². The van der Waals surface area contributed by atoms with E-state index in [0.717, 1.165) is 72.9 Å². The number of unbranched alkanes of at least 4 members (excludes halogenated alkanes) is 10. The molecule has 2 N–H and O–H groups in total. The number of amides is 1. The van der Waals surface area contributed by atoms with Crippen LogP contribution in [0.25, 0.3) is 0 Å². The largest absolute Gasteiger partial charge is 0.400 e. The van der Waals surface area contributed by atoms with Gasteiger partial charge in [-0.25, -0.2) is 0 Å². The zero-order valence-corrected chi connectivity index (χ0v) is 28.3. The van der Waals surface area contributed by atoms with Crippen LogP contribution in [0.3, 0.4) is 0 Å². The Labute approximate surface area is 264 Å². The van der Waals surface area contributed by atoms with Gasteiger partial charge in [0, 0.05) is 36.8 Å². The Morgan fingerprint density at radius 2 is 1.19 bits per heavy atom. The highest BCUT2D eigenvalue weighted by Crippen LogP contribution is 2.19. The number of carbonyl (C=O) groups is 2. The second-order valence-corrected chi connectivity index (χ2v) is 11.9. The van der Waals surface area contributed by atoms with E-state index in [1.807, 2.05) is 42.5 Å². The fourth-order valence-corrected chi connectivity index (χ4v) is 5.91. The molecule has 0 aliphatic heterocycles. The first-order valence-corrected chi connectivity index (χ1v) is 17.3. The van der Waals surface area contributed by atoms with Gasteiger partial charge >= 0.3 is 0 Å². The van der Waals surface area contributed by atoms with E-state index in [-0.39, 0.29) is 11.7 Å². The number of Topliss-reactive ketones (excluding diaryl/α,β-unsaturated/α-hetero) is 1. The van der Waals surface area contributed by atoms with Crippen LogP contribution < -0.4 is 5.32 Å². The van der Waals surface area contributed by atoms with E-state index in [1.54, 1.807) is 0 Å². The third-order valence-corrected chi connectivity index (χ3v) is 8.89. The Morgan fingerprint density at radius 3 is 1.79 bits per heavy atom. The normalized spacial score (nSPS) is 11.1. The van der Waals surface area contributed by atoms with Crippen LogP contribution in [0, 0.1) is 0 Å². The van der Waals surface area contributed by atoms with Crippen molar-refractivity contribution in [3.63, 3.8) is 0 Å². The van der Waals surface area contributed by atoms with Crippen molar-refractivity contribution < 1.29 is 19.2 Å². The highest BCUT2D eigenvalue weighted by molar-refractivity contribution is 6.05. The standard InChI is InChI=1S/C37H58N2O2.CH4O/c1-5-9-11-13-14-15-17-22-32-23-18-19-24-35(32)37(41)38-34-28-26-33(27-29-34)36(40)25-21-31-39(7-3,8-4)30-20-16-12-10-6-2;1-2/h18-19,23-24,26-29H,5-17,20-22,25,30-31H2,1-4H3;2H,1H3/p+1. The monoisotopic (exact) mass is 595 g/mol. The molecule has 0 saturated heterocycles. The van der Waals surface area contributed by atoms with Gasteiger partial charge in [0.2, 0.25) is 0 Å². The van der Waals surface area contributed by atoms with E-state index in [1.165, 1.54) is 77.2 Å². The van der Waals surface area contributed by atoms with Gasteiger partial charge in [-0.2, -0.15) is 0 Å². The number of aryl methyl sites for hydroxylation is 1. The lowest BCUT2D eigenvalue weighted by atomic mass is 9.99. The number of rotatable bonds is 23. The zero-order chi connectivity index (χ0) is 31.8. The molecule has 5 nitrogen and oxygen atoms in total. The summed E-state index contributed by atoms with van der Waals surface area (Å²) >= 11 is 0. The number of hydrogen-bond donors (Lipinski definition) is 2. The average molecular weight is 596 g/mol. The molecule has 242 valence electrons. The number of nitrogens with one attached hydrogen (secondary N) is 1. The lowest BCUT2D eigenvalue weighted by Crippen LogP contribution is -2.49. The Balaban J connectivity index is 0.00000452. The van der Waals surface area contributed by atoms with Crippen molar-refractivity contribution in [3.05, 3.63) is 65.2 Å². The van der Waals surface area contributed by atoms with Crippen LogP contribution in [0.5, 0.6) is 0 Å². The number of carbonyl (C=O) groups excluding carboxylic acids is 2. The number of aliphatic hydroxyl groups excluding tert-OH is 1. The van der Waals surface area contributed by atoms with Crippen LogP contribution in [0.4, 0.5) is 5.69 Å². The van der Waals surface area contributed by atoms with E-state index in [2.05, 4.69) is 39.1 Å². The maximum absolute atomic E-state index is 13.1. The number of ketones is 1. The summed E-state index contributed by atoms with van der Waals surface area (Å²) in [4.78, 5) is 26.0. The van der Waals surface area contributed by atoms with Crippen molar-refractivity contribution in [2.75, 3.05) is 38.6 Å². The third-order valence-electron chi connectivity index (χ3n) is 8.89. The van der Waals surface area contributed by atoms with Gasteiger partial charge in [0.25, 0.3) is 5.91 Å². The predicted octanol–water partition coefficient (Wildman–Crippen LogP) is 9.63. The number of quaternary nitrogens is 1. The molecule has 1 amide bonds. The molecule has 0 spiro atoms. The van der Waals surface area contributed by atoms with E-state index in [0.29, 0.717) is 6.42 Å². The minimum Gasteiger partial charge on any atom is -0.400 e. The van der Waals surface area contributed by atoms with Crippen LogP contribution in [0.15, 0.2) is 48.5 Å². The molecule has 0 heterocycles. The number of benzene rings is 2. The van der Waals surface area contributed by atoms with Crippen molar-refractivity contribution in [2.24, 2.45) is 0 Å². The summed E-state index contributed by atoms with van der Waals surface area (Å²) in [6.07, 6.45) is 17.8. The lowest BCUT2D eigenvalue weighted by Gasteiger charge is -2.37. The van der Waals surface area contributed by atoms with E-state index >= 15 is 0 Å². The van der Waals surface area contributed by atoms with E-state index in [9.17, 15) is 9.59 Å². The van der Waals surface area contributed by atoms with E-state index in [4.69, 9.17) is 5.11 Å². The van der Waals surface area contributed by atoms with Crippen molar-refractivity contribution >= 4 is 17.4 Å². The second kappa shape index (κ2) is 23.9. The topological polar surface area (TPSA) is 66.4 Å². The van der Waals surface area contributed by atoms with Gasteiger partial charge < -0.3 is 14.9 Å². The summed E-state index contributed by atoms with van der Waals surface area (Å²) in [5, 5.41) is 10.0. The predicted molar refractivity (Wildman–Crippen MR) is 184 cm³/mol. The molecule has 0 bridgehead atoms. The molecule has 0 atom stereocenters. The summed E-state index contributed by atoms with van der Waals surface area (Å²) in [6.45, 7) is 13.6. The first kappa shape index (κ1) is 38.5. The number of aliphatic hydroxyl groups is 1. The molecule has 43 heavy (non-hydrogen) atoms. The quantitative estimate of drug-likeness (QED) is 0.0763. The molecule has 0 saturated carbocycles. The van der Waals surface area contributed by atoms with Crippen LogP contribution in [0.2, 0.25) is 0 Å². The Bertz CT molecular complexity index is 999. The maximum Gasteiger partial charge on any atom is 0.255 e. The van der Waals surface area contributed by atoms with Crippen molar-refractivity contribution in [3.8, 4) is 0 Å². The van der Waals surface area contributed by atoms with Gasteiger partial charge in [-0.05, 0) is 75.4 Å². The Morgan fingerprint density at radius 1 is 0.651 bits per heavy atom. The zero-order valence-electron chi connectivity index (χ0n) is 28.3. The number of hydrogen-bond acceptors (Lipinski definition) is 3. The summed E-state index contributed by atoms with van der Waals surface area (Å²) in [5.74, 6) is 0.113. The van der Waals surface area contributed by atoms with E-state index < -0.39 is 0 Å². The highest BCUT2D eigenvalue weighted by atomic mass is 16.2. The molecule has 2 rings (SSSR count). The van der Waals surface area contributed by atoms with Crippen molar-refractivity contribution in [1.82, 2.24) is 0 Å². The fourth-order valence-electron chi connectivity index (χ4n) is 5.91. The molecule has 0 unspecified atom stereocenters. The molecule has 0 aromatic heterocycles. The molecule has 0 aliphatic carbocycles. The third kappa shape index (κ3) is 15.2. The van der Waals surface area contributed by atoms with Gasteiger partial charge in [0.05, 0.1) is 26.2 Å². The molecule has 5 heteroatoms. The number of anilines is 1. The first-order valence-electron chi connectivity index (χ1n) is 17.3. The molecule has 2 aromatic carbocycles. The summed E-state index contributed by atoms with van der Waals surface area (Å²) in [6, 6.07) is 15.4. The van der Waals surface area contributed by atoms with Crippen LogP contribution in [-0.2, 0) is 6.42 Å². The molecule has 0 radical (unpaired) electrons. The summed E-state index contributed by atoms with van der Waals surface area (Å²) in [7, 11) is 1.00. The minimum absolute atomic E-state index is 0.0782. The Kier molecular flexibility index (Phi) is 21.4. The molecule has 0 aliphatic rings.